The van der Waals surface area contributed by atoms with Gasteiger partial charge in [-0.05, 0) is 39.5 Å². The minimum Gasteiger partial charge on any atom is -0.306 e. The van der Waals surface area contributed by atoms with E-state index in [1.807, 2.05) is 13.8 Å². The molecule has 0 aromatic carbocycles. The zero-order valence-corrected chi connectivity index (χ0v) is 13.4. The van der Waals surface area contributed by atoms with Gasteiger partial charge in [0.1, 0.15) is 0 Å². The van der Waals surface area contributed by atoms with Gasteiger partial charge in [0.25, 0.3) is 0 Å². The van der Waals surface area contributed by atoms with Crippen LogP contribution in [-0.2, 0) is 13.6 Å². The fourth-order valence-corrected chi connectivity index (χ4v) is 5.87. The molecule has 0 saturated heterocycles. The van der Waals surface area contributed by atoms with Crippen LogP contribution in [0.1, 0.15) is 78.1 Å². The van der Waals surface area contributed by atoms with E-state index in [1.54, 1.807) is 0 Å². The molecule has 0 spiro atoms. The van der Waals surface area contributed by atoms with Crippen LogP contribution < -0.4 is 0 Å². The summed E-state index contributed by atoms with van der Waals surface area (Å²) in [6.45, 7) is 3.92. The van der Waals surface area contributed by atoms with Crippen molar-refractivity contribution in [3.63, 3.8) is 0 Å². The third-order valence-electron chi connectivity index (χ3n) is 4.23. The monoisotopic (exact) mass is 288 g/mol. The van der Waals surface area contributed by atoms with Crippen molar-refractivity contribution in [3.05, 3.63) is 0 Å². The molecule has 0 aromatic rings. The zero-order valence-electron chi connectivity index (χ0n) is 12.5. The molecule has 0 radical (unpaired) electrons. The van der Waals surface area contributed by atoms with Crippen LogP contribution in [0.3, 0.4) is 0 Å². The Balaban J connectivity index is 2.01. The average Bonchev–Trinajstić information content (AvgIpc) is 2.40. The first-order chi connectivity index (χ1) is 9.10. The zero-order chi connectivity index (χ0) is 13.7. The second-order valence-corrected chi connectivity index (χ2v) is 8.58. The van der Waals surface area contributed by atoms with Gasteiger partial charge >= 0.3 is 7.60 Å². The summed E-state index contributed by atoms with van der Waals surface area (Å²) in [5.41, 5.74) is 0.144. The minimum atomic E-state index is -2.92. The summed E-state index contributed by atoms with van der Waals surface area (Å²) in [5.74, 6) is 0. The number of rotatable bonds is 5. The van der Waals surface area contributed by atoms with Crippen molar-refractivity contribution >= 4 is 7.60 Å². The molecule has 0 aromatic heterocycles. The Morgan fingerprint density at radius 2 is 1.42 bits per heavy atom. The SMILES string of the molecule is CC(C)OP(=O)(OC1CCCCC1)C1CCCCC1. The summed E-state index contributed by atoms with van der Waals surface area (Å²) < 4.78 is 25.1. The highest BCUT2D eigenvalue weighted by atomic mass is 31.2. The largest absolute Gasteiger partial charge is 0.334 e. The van der Waals surface area contributed by atoms with Gasteiger partial charge in [-0.1, -0.05) is 38.5 Å². The lowest BCUT2D eigenvalue weighted by molar-refractivity contribution is 0.0955. The lowest BCUT2D eigenvalue weighted by atomic mass is 9.98. The van der Waals surface area contributed by atoms with E-state index in [0.717, 1.165) is 25.7 Å². The van der Waals surface area contributed by atoms with Crippen molar-refractivity contribution in [2.24, 2.45) is 0 Å². The van der Waals surface area contributed by atoms with Crippen molar-refractivity contribution < 1.29 is 13.6 Å². The summed E-state index contributed by atoms with van der Waals surface area (Å²) >= 11 is 0. The van der Waals surface area contributed by atoms with Crippen LogP contribution in [0.4, 0.5) is 0 Å². The van der Waals surface area contributed by atoms with Gasteiger partial charge in [-0.2, -0.15) is 0 Å². The molecule has 2 aliphatic rings. The van der Waals surface area contributed by atoms with Crippen molar-refractivity contribution in [1.82, 2.24) is 0 Å². The lowest BCUT2D eigenvalue weighted by Crippen LogP contribution is -2.24. The molecule has 1 atom stereocenters. The van der Waals surface area contributed by atoms with Crippen LogP contribution in [0.15, 0.2) is 0 Å². The quantitative estimate of drug-likeness (QED) is 0.645. The smallest absolute Gasteiger partial charge is 0.306 e. The van der Waals surface area contributed by atoms with Gasteiger partial charge in [-0.15, -0.1) is 0 Å². The Labute approximate surface area is 118 Å². The Morgan fingerprint density at radius 1 is 0.895 bits per heavy atom. The second kappa shape index (κ2) is 7.24. The van der Waals surface area contributed by atoms with E-state index in [4.69, 9.17) is 9.05 Å². The maximum Gasteiger partial charge on any atom is 0.334 e. The minimum absolute atomic E-state index is 0.0173. The highest BCUT2D eigenvalue weighted by Crippen LogP contribution is 2.59. The first-order valence-electron chi connectivity index (χ1n) is 8.07. The fraction of sp³-hybridized carbons (Fsp3) is 1.00. The average molecular weight is 288 g/mol. The van der Waals surface area contributed by atoms with Crippen LogP contribution in [0, 0.1) is 0 Å². The summed E-state index contributed by atoms with van der Waals surface area (Å²) in [6, 6.07) is 0. The third kappa shape index (κ3) is 4.58. The summed E-state index contributed by atoms with van der Waals surface area (Å²) in [4.78, 5) is 0. The highest BCUT2D eigenvalue weighted by Gasteiger charge is 2.39. The normalized spacial score (nSPS) is 26.5. The first-order valence-corrected chi connectivity index (χ1v) is 9.68. The van der Waals surface area contributed by atoms with E-state index in [1.165, 1.54) is 38.5 Å². The lowest BCUT2D eigenvalue weighted by Gasteiger charge is -2.34. The molecule has 0 heterocycles. The molecule has 4 heteroatoms. The van der Waals surface area contributed by atoms with Gasteiger partial charge in [-0.3, -0.25) is 4.57 Å². The first kappa shape index (κ1) is 15.5. The van der Waals surface area contributed by atoms with Gasteiger partial charge < -0.3 is 9.05 Å². The topological polar surface area (TPSA) is 35.5 Å². The third-order valence-corrected chi connectivity index (χ3v) is 6.95. The molecule has 112 valence electrons. The Bertz CT molecular complexity index is 305. The molecule has 19 heavy (non-hydrogen) atoms. The van der Waals surface area contributed by atoms with Gasteiger partial charge in [-0.25, -0.2) is 0 Å². The highest BCUT2D eigenvalue weighted by molar-refractivity contribution is 7.54. The molecule has 0 bridgehead atoms. The Hall–Kier alpha value is 0.150. The van der Waals surface area contributed by atoms with E-state index in [-0.39, 0.29) is 17.9 Å². The maximum absolute atomic E-state index is 13.2. The molecular formula is C15H29O3P. The standard InChI is InChI=1S/C15H29O3P/c1-13(2)17-19(16,15-11-7-4-8-12-15)18-14-9-5-3-6-10-14/h13-15H,3-12H2,1-2H3. The van der Waals surface area contributed by atoms with E-state index >= 15 is 0 Å². The molecule has 0 amide bonds. The molecule has 2 saturated carbocycles. The van der Waals surface area contributed by atoms with Crippen molar-refractivity contribution in [1.29, 1.82) is 0 Å². The molecule has 2 aliphatic carbocycles. The predicted molar refractivity (Wildman–Crippen MR) is 78.7 cm³/mol. The van der Waals surface area contributed by atoms with E-state index in [0.29, 0.717) is 0 Å². The van der Waals surface area contributed by atoms with Gasteiger partial charge in [0.2, 0.25) is 0 Å². The van der Waals surface area contributed by atoms with Crippen LogP contribution >= 0.6 is 7.60 Å². The van der Waals surface area contributed by atoms with Crippen LogP contribution in [0.25, 0.3) is 0 Å². The fourth-order valence-electron chi connectivity index (χ4n) is 3.27. The van der Waals surface area contributed by atoms with Crippen LogP contribution in [0.5, 0.6) is 0 Å². The molecule has 0 N–H and O–H groups in total. The van der Waals surface area contributed by atoms with E-state index in [9.17, 15) is 4.57 Å². The Kier molecular flexibility index (Phi) is 5.92. The van der Waals surface area contributed by atoms with Gasteiger partial charge in [0.15, 0.2) is 0 Å². The summed E-state index contributed by atoms with van der Waals surface area (Å²) in [7, 11) is -2.92. The molecule has 1 unspecified atom stereocenters. The maximum atomic E-state index is 13.2. The Morgan fingerprint density at radius 3 is 1.95 bits per heavy atom. The summed E-state index contributed by atoms with van der Waals surface area (Å²) in [5, 5.41) is 0. The van der Waals surface area contributed by atoms with Crippen molar-refractivity contribution in [2.45, 2.75) is 95.9 Å². The summed E-state index contributed by atoms with van der Waals surface area (Å²) in [6.07, 6.45) is 11.6. The molecule has 2 fully saturated rings. The predicted octanol–water partition coefficient (Wildman–Crippen LogP) is 5.29. The van der Waals surface area contributed by atoms with Crippen molar-refractivity contribution in [2.75, 3.05) is 0 Å². The van der Waals surface area contributed by atoms with E-state index < -0.39 is 7.60 Å². The molecular weight excluding hydrogens is 259 g/mol. The second-order valence-electron chi connectivity index (χ2n) is 6.35. The molecule has 0 aliphatic heterocycles. The molecule has 2 rings (SSSR count). The van der Waals surface area contributed by atoms with Crippen LogP contribution in [-0.4, -0.2) is 17.9 Å². The van der Waals surface area contributed by atoms with Gasteiger partial charge in [0.05, 0.1) is 17.9 Å². The number of hydrogen-bond donors (Lipinski definition) is 0. The van der Waals surface area contributed by atoms with Gasteiger partial charge in [0, 0.05) is 0 Å². The van der Waals surface area contributed by atoms with E-state index in [2.05, 4.69) is 0 Å². The molecule has 3 nitrogen and oxygen atoms in total. The van der Waals surface area contributed by atoms with Crippen LogP contribution in [0.2, 0.25) is 0 Å². The van der Waals surface area contributed by atoms with Crippen molar-refractivity contribution in [3.8, 4) is 0 Å². The number of hydrogen-bond acceptors (Lipinski definition) is 3.